The van der Waals surface area contributed by atoms with Gasteiger partial charge in [-0.25, -0.2) is 0 Å². The Morgan fingerprint density at radius 1 is 1.30 bits per heavy atom. The van der Waals surface area contributed by atoms with Gasteiger partial charge in [-0.1, -0.05) is 19.9 Å². The molecule has 5 heteroatoms. The van der Waals surface area contributed by atoms with Crippen LogP contribution in [0.1, 0.15) is 37.6 Å². The Labute approximate surface area is 119 Å². The molecule has 0 aliphatic rings. The van der Waals surface area contributed by atoms with Gasteiger partial charge in [0, 0.05) is 23.8 Å². The summed E-state index contributed by atoms with van der Waals surface area (Å²) >= 11 is 0. The first kappa shape index (κ1) is 16.2. The van der Waals surface area contributed by atoms with E-state index >= 15 is 0 Å². The van der Waals surface area contributed by atoms with Crippen molar-refractivity contribution in [2.45, 2.75) is 33.2 Å². The molecule has 0 spiro atoms. The number of nitrogens with two attached hydrogens (primary N) is 1. The first-order valence-corrected chi connectivity index (χ1v) is 6.90. The monoisotopic (exact) mass is 277 g/mol. The molecular weight excluding hydrogens is 254 g/mol. The molecule has 0 aliphatic carbocycles. The number of anilines is 1. The summed E-state index contributed by atoms with van der Waals surface area (Å²) in [6.45, 7) is 6.19. The molecule has 0 aromatic heterocycles. The van der Waals surface area contributed by atoms with Crippen molar-refractivity contribution in [3.63, 3.8) is 0 Å². The number of carbonyl (C=O) groups is 2. The van der Waals surface area contributed by atoms with Gasteiger partial charge < -0.3 is 16.4 Å². The van der Waals surface area contributed by atoms with E-state index in [0.29, 0.717) is 17.8 Å². The topological polar surface area (TPSA) is 84.2 Å². The third-order valence-electron chi connectivity index (χ3n) is 3.13. The second-order valence-electron chi connectivity index (χ2n) is 4.97. The summed E-state index contributed by atoms with van der Waals surface area (Å²) in [6.07, 6.45) is 0.883. The number of hydrogen-bond acceptors (Lipinski definition) is 3. The van der Waals surface area contributed by atoms with Crippen LogP contribution >= 0.6 is 0 Å². The molecule has 0 radical (unpaired) electrons. The molecule has 5 nitrogen and oxygen atoms in total. The average Bonchev–Trinajstić information content (AvgIpc) is 2.43. The van der Waals surface area contributed by atoms with Gasteiger partial charge >= 0.3 is 0 Å². The minimum absolute atomic E-state index is 0.136. The highest BCUT2D eigenvalue weighted by molar-refractivity contribution is 5.97. The Balaban J connectivity index is 2.73. The standard InChI is InChI=1S/C15H23N3O2/c1-4-8-17-15(20)12-6-5-7-13(9-12)18-14(19)10(2)11(3)16/h5-7,9-11H,4,8,16H2,1-3H3,(H,17,20)(H,18,19). The lowest BCUT2D eigenvalue weighted by molar-refractivity contribution is -0.119. The molecule has 1 rings (SSSR count). The highest BCUT2D eigenvalue weighted by Gasteiger charge is 2.17. The van der Waals surface area contributed by atoms with Crippen LogP contribution in [0.4, 0.5) is 5.69 Å². The highest BCUT2D eigenvalue weighted by atomic mass is 16.2. The molecule has 0 saturated heterocycles. The third kappa shape index (κ3) is 4.66. The van der Waals surface area contributed by atoms with Crippen molar-refractivity contribution in [1.29, 1.82) is 0 Å². The fraction of sp³-hybridized carbons (Fsp3) is 0.467. The van der Waals surface area contributed by atoms with E-state index in [-0.39, 0.29) is 23.8 Å². The molecule has 0 heterocycles. The first-order valence-electron chi connectivity index (χ1n) is 6.90. The van der Waals surface area contributed by atoms with E-state index in [1.165, 1.54) is 0 Å². The predicted octanol–water partition coefficient (Wildman–Crippen LogP) is 1.75. The predicted molar refractivity (Wildman–Crippen MR) is 80.5 cm³/mol. The van der Waals surface area contributed by atoms with Crippen molar-refractivity contribution >= 4 is 17.5 Å². The summed E-state index contributed by atoms with van der Waals surface area (Å²) in [5.41, 5.74) is 6.83. The van der Waals surface area contributed by atoms with Crippen molar-refractivity contribution in [3.8, 4) is 0 Å². The smallest absolute Gasteiger partial charge is 0.251 e. The van der Waals surface area contributed by atoms with Crippen molar-refractivity contribution in [1.82, 2.24) is 5.32 Å². The molecule has 2 atom stereocenters. The van der Waals surface area contributed by atoms with Gasteiger partial charge in [0.15, 0.2) is 0 Å². The zero-order valence-electron chi connectivity index (χ0n) is 12.3. The molecule has 2 amide bonds. The van der Waals surface area contributed by atoms with Gasteiger partial charge in [-0.2, -0.15) is 0 Å². The molecule has 1 aromatic rings. The molecule has 4 N–H and O–H groups in total. The lowest BCUT2D eigenvalue weighted by atomic mass is 10.0. The number of hydrogen-bond donors (Lipinski definition) is 3. The van der Waals surface area contributed by atoms with E-state index in [2.05, 4.69) is 10.6 Å². The Bertz CT molecular complexity index is 472. The number of nitrogens with one attached hydrogen (secondary N) is 2. The van der Waals surface area contributed by atoms with Gasteiger partial charge in [0.05, 0.1) is 5.92 Å². The van der Waals surface area contributed by atoms with E-state index < -0.39 is 0 Å². The van der Waals surface area contributed by atoms with E-state index in [1.807, 2.05) is 6.92 Å². The zero-order valence-corrected chi connectivity index (χ0v) is 12.3. The minimum atomic E-state index is -0.285. The van der Waals surface area contributed by atoms with E-state index in [9.17, 15) is 9.59 Å². The first-order chi connectivity index (χ1) is 9.45. The molecule has 110 valence electrons. The Morgan fingerprint density at radius 2 is 2.00 bits per heavy atom. The molecule has 0 aliphatic heterocycles. The fourth-order valence-electron chi connectivity index (χ4n) is 1.57. The average molecular weight is 277 g/mol. The molecule has 0 saturated carbocycles. The highest BCUT2D eigenvalue weighted by Crippen LogP contribution is 2.13. The molecular formula is C15H23N3O2. The van der Waals surface area contributed by atoms with Gasteiger partial charge in [-0.05, 0) is 31.5 Å². The Morgan fingerprint density at radius 3 is 2.60 bits per heavy atom. The lowest BCUT2D eigenvalue weighted by Gasteiger charge is -2.15. The molecule has 0 bridgehead atoms. The van der Waals surface area contributed by atoms with Crippen molar-refractivity contribution < 1.29 is 9.59 Å². The Hall–Kier alpha value is -1.88. The van der Waals surface area contributed by atoms with Gasteiger partial charge in [-0.3, -0.25) is 9.59 Å². The molecule has 2 unspecified atom stereocenters. The number of amides is 2. The summed E-state index contributed by atoms with van der Waals surface area (Å²) in [5, 5.41) is 5.57. The van der Waals surface area contributed by atoms with Crippen LogP contribution in [0.3, 0.4) is 0 Å². The second kappa shape index (κ2) is 7.65. The van der Waals surface area contributed by atoms with Gasteiger partial charge in [-0.15, -0.1) is 0 Å². The minimum Gasteiger partial charge on any atom is -0.352 e. The van der Waals surface area contributed by atoms with E-state index in [1.54, 1.807) is 38.1 Å². The summed E-state index contributed by atoms with van der Waals surface area (Å²) in [5.74, 6) is -0.568. The van der Waals surface area contributed by atoms with Crippen molar-refractivity contribution in [2.75, 3.05) is 11.9 Å². The summed E-state index contributed by atoms with van der Waals surface area (Å²) < 4.78 is 0. The summed E-state index contributed by atoms with van der Waals surface area (Å²) in [6, 6.07) is 6.66. The van der Waals surface area contributed by atoms with Gasteiger partial charge in [0.25, 0.3) is 5.91 Å². The fourth-order valence-corrected chi connectivity index (χ4v) is 1.57. The second-order valence-corrected chi connectivity index (χ2v) is 4.97. The summed E-state index contributed by atoms with van der Waals surface area (Å²) in [7, 11) is 0. The number of rotatable bonds is 6. The quantitative estimate of drug-likeness (QED) is 0.740. The summed E-state index contributed by atoms with van der Waals surface area (Å²) in [4.78, 5) is 23.8. The molecule has 20 heavy (non-hydrogen) atoms. The maximum atomic E-state index is 11.9. The van der Waals surface area contributed by atoms with Crippen LogP contribution in [0, 0.1) is 5.92 Å². The third-order valence-corrected chi connectivity index (χ3v) is 3.13. The number of carbonyl (C=O) groups excluding carboxylic acids is 2. The maximum Gasteiger partial charge on any atom is 0.251 e. The van der Waals surface area contributed by atoms with Crippen LogP contribution in [0.15, 0.2) is 24.3 Å². The maximum absolute atomic E-state index is 11.9. The van der Waals surface area contributed by atoms with Gasteiger partial charge in [0.1, 0.15) is 0 Å². The van der Waals surface area contributed by atoms with Crippen LogP contribution in [0.25, 0.3) is 0 Å². The van der Waals surface area contributed by atoms with Crippen LogP contribution in [-0.4, -0.2) is 24.4 Å². The zero-order chi connectivity index (χ0) is 15.1. The van der Waals surface area contributed by atoms with Crippen LogP contribution in [0.2, 0.25) is 0 Å². The SMILES string of the molecule is CCCNC(=O)c1cccc(NC(=O)C(C)C(C)N)c1. The molecule has 0 fully saturated rings. The van der Waals surface area contributed by atoms with Gasteiger partial charge in [0.2, 0.25) is 5.91 Å². The largest absolute Gasteiger partial charge is 0.352 e. The van der Waals surface area contributed by atoms with Crippen LogP contribution in [0.5, 0.6) is 0 Å². The Kier molecular flexibility index (Phi) is 6.18. The van der Waals surface area contributed by atoms with Crippen LogP contribution in [-0.2, 0) is 4.79 Å². The van der Waals surface area contributed by atoms with Crippen LogP contribution < -0.4 is 16.4 Å². The van der Waals surface area contributed by atoms with E-state index in [4.69, 9.17) is 5.73 Å². The van der Waals surface area contributed by atoms with E-state index in [0.717, 1.165) is 6.42 Å². The lowest BCUT2D eigenvalue weighted by Crippen LogP contribution is -2.34. The molecule has 1 aromatic carbocycles. The van der Waals surface area contributed by atoms with Crippen molar-refractivity contribution in [2.24, 2.45) is 11.7 Å². The normalized spacial score (nSPS) is 13.4. The number of benzene rings is 1. The van der Waals surface area contributed by atoms with Crippen molar-refractivity contribution in [3.05, 3.63) is 29.8 Å².